The van der Waals surface area contributed by atoms with Crippen LogP contribution < -0.4 is 10.7 Å². The van der Waals surface area contributed by atoms with Crippen LogP contribution in [0.15, 0.2) is 60.9 Å². The zero-order valence-electron chi connectivity index (χ0n) is 15.8. The summed E-state index contributed by atoms with van der Waals surface area (Å²) >= 11 is 0. The molecule has 1 heterocycles. The second-order valence-electron chi connectivity index (χ2n) is 7.13. The normalized spacial score (nSPS) is 18.1. The van der Waals surface area contributed by atoms with Crippen molar-refractivity contribution >= 4 is 5.91 Å². The van der Waals surface area contributed by atoms with Crippen molar-refractivity contribution in [3.63, 3.8) is 0 Å². The smallest absolute Gasteiger partial charge is 0.227 e. The molecule has 0 aliphatic heterocycles. The van der Waals surface area contributed by atoms with E-state index in [1.54, 1.807) is 6.20 Å². The number of hydrogen-bond acceptors (Lipinski definition) is 4. The number of aliphatic hydroxyl groups excluding tert-OH is 1. The molecule has 0 saturated heterocycles. The van der Waals surface area contributed by atoms with Gasteiger partial charge in [0.05, 0.1) is 18.6 Å². The van der Waals surface area contributed by atoms with E-state index < -0.39 is 17.9 Å². The van der Waals surface area contributed by atoms with Crippen LogP contribution in [0.3, 0.4) is 0 Å². The summed E-state index contributed by atoms with van der Waals surface area (Å²) in [5.74, 6) is -0.219. The number of fused-ring (bicyclic) bond motifs is 1. The average molecular weight is 376 g/mol. The molecular weight excluding hydrogens is 352 g/mol. The molecule has 2 aromatic carbocycles. The van der Waals surface area contributed by atoms with Crippen LogP contribution in [0.25, 0.3) is 11.4 Å². The number of benzene rings is 2. The maximum Gasteiger partial charge on any atom is 0.227 e. The molecule has 6 heteroatoms. The lowest BCUT2D eigenvalue weighted by atomic mass is 9.97. The van der Waals surface area contributed by atoms with Crippen LogP contribution in [0.5, 0.6) is 0 Å². The van der Waals surface area contributed by atoms with Gasteiger partial charge < -0.3 is 15.8 Å². The first-order valence-corrected chi connectivity index (χ1v) is 9.51. The fourth-order valence-electron chi connectivity index (χ4n) is 3.98. The maximum atomic E-state index is 11.8. The third-order valence-electron chi connectivity index (χ3n) is 5.35. The molecule has 1 aliphatic carbocycles. The van der Waals surface area contributed by atoms with E-state index in [0.717, 1.165) is 34.6 Å². The third-order valence-corrected chi connectivity index (χ3v) is 5.35. The van der Waals surface area contributed by atoms with Crippen LogP contribution in [0.1, 0.15) is 29.5 Å². The minimum atomic E-state index is -0.733. The summed E-state index contributed by atoms with van der Waals surface area (Å²) in [4.78, 5) is 16.3. The third kappa shape index (κ3) is 3.27. The van der Waals surface area contributed by atoms with Crippen molar-refractivity contribution < 1.29 is 9.90 Å². The monoisotopic (exact) mass is 376 g/mol. The van der Waals surface area contributed by atoms with E-state index >= 15 is 0 Å². The Labute approximate surface area is 164 Å². The Kier molecular flexibility index (Phi) is 4.88. The number of hydrogen-bond donors (Lipinski definition) is 2. The topological polar surface area (TPSA) is 84.4 Å². The van der Waals surface area contributed by atoms with Crippen molar-refractivity contribution in [2.45, 2.75) is 31.9 Å². The number of primary amides is 1. The van der Waals surface area contributed by atoms with Gasteiger partial charge in [0.1, 0.15) is 0 Å². The van der Waals surface area contributed by atoms with Gasteiger partial charge in [0, 0.05) is 24.5 Å². The Morgan fingerprint density at radius 2 is 2.07 bits per heavy atom. The lowest BCUT2D eigenvalue weighted by molar-refractivity contribution is -0.121. The molecule has 144 valence electrons. The number of nitrogens with two attached hydrogens (primary N) is 1. The number of carbonyl (C=O) groups is 1. The van der Waals surface area contributed by atoms with E-state index in [9.17, 15) is 9.90 Å². The van der Waals surface area contributed by atoms with Gasteiger partial charge in [-0.2, -0.15) is 0 Å². The second kappa shape index (κ2) is 7.48. The predicted octanol–water partition coefficient (Wildman–Crippen LogP) is 2.19. The van der Waals surface area contributed by atoms with Gasteiger partial charge in [-0.1, -0.05) is 48.5 Å². The molecule has 0 bridgehead atoms. The zero-order chi connectivity index (χ0) is 19.7. The Morgan fingerprint density at radius 1 is 1.29 bits per heavy atom. The summed E-state index contributed by atoms with van der Waals surface area (Å²) in [6.45, 7) is 3.54. The first-order chi connectivity index (χ1) is 13.6. The van der Waals surface area contributed by atoms with Crippen LogP contribution in [-0.4, -0.2) is 33.3 Å². The number of amides is 1. The van der Waals surface area contributed by atoms with Gasteiger partial charge in [0.25, 0.3) is 0 Å². The Balaban J connectivity index is 1.63. The summed E-state index contributed by atoms with van der Waals surface area (Å²) < 4.78 is 2.06. The van der Waals surface area contributed by atoms with Crippen molar-refractivity contribution in [2.24, 2.45) is 5.73 Å². The molecule has 1 aromatic heterocycles. The van der Waals surface area contributed by atoms with Gasteiger partial charge in [-0.15, -0.1) is 0 Å². The highest BCUT2D eigenvalue weighted by atomic mass is 16.3. The lowest BCUT2D eigenvalue weighted by Gasteiger charge is -2.26. The van der Waals surface area contributed by atoms with E-state index in [1.165, 1.54) is 0 Å². The van der Waals surface area contributed by atoms with Crippen LogP contribution in [0.4, 0.5) is 0 Å². The fourth-order valence-corrected chi connectivity index (χ4v) is 3.98. The highest BCUT2D eigenvalue weighted by molar-refractivity contribution is 5.84. The summed E-state index contributed by atoms with van der Waals surface area (Å²) in [6.07, 6.45) is 3.49. The zero-order valence-corrected chi connectivity index (χ0v) is 15.8. The Hall–Kier alpha value is -3.12. The van der Waals surface area contributed by atoms with E-state index in [0.29, 0.717) is 13.0 Å². The molecule has 4 rings (SSSR count). The van der Waals surface area contributed by atoms with Crippen LogP contribution in [0, 0.1) is 0 Å². The largest absolute Gasteiger partial charge is 0.392 e. The van der Waals surface area contributed by atoms with E-state index in [2.05, 4.69) is 27.7 Å². The van der Waals surface area contributed by atoms with Gasteiger partial charge in [-0.05, 0) is 30.0 Å². The van der Waals surface area contributed by atoms with Crippen LogP contribution >= 0.6 is 0 Å². The Bertz CT molecular complexity index is 983. The second-order valence-corrected chi connectivity index (χ2v) is 7.13. The molecule has 1 aliphatic rings. The quantitative estimate of drug-likeness (QED) is 0.691. The van der Waals surface area contributed by atoms with Gasteiger partial charge in [0.15, 0.2) is 5.82 Å². The number of aromatic nitrogens is 2. The predicted molar refractivity (Wildman–Crippen MR) is 108 cm³/mol. The highest BCUT2D eigenvalue weighted by Gasteiger charge is 2.35. The first kappa shape index (κ1) is 18.3. The highest BCUT2D eigenvalue weighted by Crippen LogP contribution is 2.34. The Morgan fingerprint density at radius 3 is 2.79 bits per heavy atom. The summed E-state index contributed by atoms with van der Waals surface area (Å²) in [6, 6.07) is 16.1. The van der Waals surface area contributed by atoms with Crippen molar-refractivity contribution in [1.82, 2.24) is 9.66 Å². The van der Waals surface area contributed by atoms with Crippen LogP contribution in [0.2, 0.25) is 0 Å². The molecule has 3 aromatic rings. The minimum Gasteiger partial charge on any atom is -0.392 e. The molecular formula is C22H24N4O2. The van der Waals surface area contributed by atoms with Gasteiger partial charge in [-0.3, -0.25) is 4.79 Å². The van der Waals surface area contributed by atoms with E-state index in [-0.39, 0.29) is 0 Å². The van der Waals surface area contributed by atoms with Crippen molar-refractivity contribution in [2.75, 3.05) is 11.6 Å². The molecule has 0 radical (unpaired) electrons. The number of rotatable bonds is 6. The fraction of sp³-hybridized carbons (Fsp3) is 0.273. The van der Waals surface area contributed by atoms with Crippen molar-refractivity contribution in [3.8, 4) is 11.4 Å². The molecule has 28 heavy (non-hydrogen) atoms. The first-order valence-electron chi connectivity index (χ1n) is 9.51. The van der Waals surface area contributed by atoms with Gasteiger partial charge in [0.2, 0.25) is 5.91 Å². The molecule has 3 N–H and O–H groups in total. The summed E-state index contributed by atoms with van der Waals surface area (Å²) in [5, 5.41) is 12.4. The van der Waals surface area contributed by atoms with Crippen molar-refractivity contribution in [1.29, 1.82) is 0 Å². The SMILES string of the molecule is CCN(Cc1ccc2c(c1)[C@@H](C(N)=O)[C@H](O)C2)n1ccnc1-c1ccccc1. The molecule has 0 spiro atoms. The van der Waals surface area contributed by atoms with Gasteiger partial charge in [-0.25, -0.2) is 9.66 Å². The molecule has 0 saturated carbocycles. The van der Waals surface area contributed by atoms with E-state index in [1.807, 2.05) is 48.7 Å². The van der Waals surface area contributed by atoms with Crippen molar-refractivity contribution in [3.05, 3.63) is 77.6 Å². The van der Waals surface area contributed by atoms with Crippen LogP contribution in [-0.2, 0) is 17.8 Å². The van der Waals surface area contributed by atoms with E-state index in [4.69, 9.17) is 5.73 Å². The summed E-state index contributed by atoms with van der Waals surface area (Å²) in [5.41, 5.74) is 9.48. The summed E-state index contributed by atoms with van der Waals surface area (Å²) in [7, 11) is 0. The average Bonchev–Trinajstić information content (AvgIpc) is 3.30. The molecule has 1 amide bonds. The molecule has 2 atom stereocenters. The molecule has 0 fully saturated rings. The minimum absolute atomic E-state index is 0.473. The maximum absolute atomic E-state index is 11.8. The number of carbonyl (C=O) groups excluding carboxylic acids is 1. The molecule has 0 unspecified atom stereocenters. The number of aliphatic hydroxyl groups is 1. The lowest BCUT2D eigenvalue weighted by Crippen LogP contribution is -2.34. The number of nitrogens with zero attached hydrogens (tertiary/aromatic N) is 3. The molecule has 6 nitrogen and oxygen atoms in total. The van der Waals surface area contributed by atoms with Gasteiger partial charge >= 0.3 is 0 Å². The standard InChI is InChI=1S/C22H24N4O2/c1-2-25(26-11-10-24-22(26)16-6-4-3-5-7-16)14-15-8-9-17-13-19(27)20(21(23)28)18(17)12-15/h3-12,19-20,27H,2,13-14H2,1H3,(H2,23,28)/t19-,20-/m1/s1. The number of imidazole rings is 1.